The first-order valence-electron chi connectivity index (χ1n) is 9.81. The number of nitrogens with zero attached hydrogens (tertiary/aromatic N) is 6. The van der Waals surface area contributed by atoms with E-state index in [1.54, 1.807) is 11.6 Å². The Kier molecular flexibility index (Phi) is 5.53. The smallest absolute Gasteiger partial charge is 0.340 e. The van der Waals surface area contributed by atoms with E-state index in [1.807, 2.05) is 30.4 Å². The minimum atomic E-state index is -0.0920. The molecule has 2 aromatic rings. The molecule has 0 aromatic carbocycles. The number of hydrogen-bond acceptors (Lipinski definition) is 4. The lowest BCUT2D eigenvalue weighted by Crippen LogP contribution is -2.41. The van der Waals surface area contributed by atoms with E-state index in [4.69, 9.17) is 0 Å². The second-order valence-corrected chi connectivity index (χ2v) is 7.35. The SMILES string of the molecule is CCc1c(C)nn(CC(=O)N2CCC[C@@H](c3nn(C)c(=O)n3CC)C2)c1C. The van der Waals surface area contributed by atoms with Crippen molar-refractivity contribution in [2.24, 2.45) is 7.05 Å². The van der Waals surface area contributed by atoms with Gasteiger partial charge in [0.15, 0.2) is 0 Å². The van der Waals surface area contributed by atoms with Gasteiger partial charge in [-0.05, 0) is 45.6 Å². The Morgan fingerprint density at radius 3 is 2.59 bits per heavy atom. The van der Waals surface area contributed by atoms with Crippen molar-refractivity contribution in [3.05, 3.63) is 33.3 Å². The lowest BCUT2D eigenvalue weighted by molar-refractivity contribution is -0.133. The molecule has 148 valence electrons. The summed E-state index contributed by atoms with van der Waals surface area (Å²) < 4.78 is 4.93. The maximum absolute atomic E-state index is 12.9. The Hall–Kier alpha value is -2.38. The third-order valence-electron chi connectivity index (χ3n) is 5.66. The van der Waals surface area contributed by atoms with Crippen LogP contribution in [-0.4, -0.2) is 48.0 Å². The van der Waals surface area contributed by atoms with Gasteiger partial charge in [0.25, 0.3) is 0 Å². The predicted molar refractivity (Wildman–Crippen MR) is 103 cm³/mol. The van der Waals surface area contributed by atoms with Crippen LogP contribution in [0.5, 0.6) is 0 Å². The molecular weight excluding hydrogens is 344 g/mol. The molecule has 3 rings (SSSR count). The molecule has 0 bridgehead atoms. The van der Waals surface area contributed by atoms with Gasteiger partial charge in [-0.25, -0.2) is 9.48 Å². The summed E-state index contributed by atoms with van der Waals surface area (Å²) in [6.07, 6.45) is 2.79. The number of aromatic nitrogens is 5. The highest BCUT2D eigenvalue weighted by atomic mass is 16.2. The molecule has 1 amide bonds. The zero-order valence-electron chi connectivity index (χ0n) is 17.0. The van der Waals surface area contributed by atoms with Crippen LogP contribution < -0.4 is 5.69 Å². The summed E-state index contributed by atoms with van der Waals surface area (Å²) in [5, 5.41) is 8.98. The first-order chi connectivity index (χ1) is 12.9. The van der Waals surface area contributed by atoms with E-state index < -0.39 is 0 Å². The molecule has 0 spiro atoms. The van der Waals surface area contributed by atoms with E-state index in [9.17, 15) is 9.59 Å². The molecule has 1 aliphatic heterocycles. The Morgan fingerprint density at radius 2 is 1.96 bits per heavy atom. The Bertz CT molecular complexity index is 891. The molecule has 1 atom stereocenters. The van der Waals surface area contributed by atoms with Crippen molar-refractivity contribution >= 4 is 5.91 Å². The molecule has 1 saturated heterocycles. The monoisotopic (exact) mass is 374 g/mol. The highest BCUT2D eigenvalue weighted by molar-refractivity contribution is 5.76. The molecule has 1 aliphatic rings. The van der Waals surface area contributed by atoms with Gasteiger partial charge < -0.3 is 4.90 Å². The third-order valence-corrected chi connectivity index (χ3v) is 5.66. The Morgan fingerprint density at radius 1 is 1.22 bits per heavy atom. The van der Waals surface area contributed by atoms with Crippen LogP contribution in [0.2, 0.25) is 0 Å². The first kappa shape index (κ1) is 19.4. The number of piperidine rings is 1. The summed E-state index contributed by atoms with van der Waals surface area (Å²) in [4.78, 5) is 27.0. The van der Waals surface area contributed by atoms with E-state index in [1.165, 1.54) is 10.2 Å². The number of rotatable bonds is 5. The van der Waals surface area contributed by atoms with Crippen molar-refractivity contribution < 1.29 is 4.79 Å². The van der Waals surface area contributed by atoms with E-state index in [2.05, 4.69) is 17.1 Å². The van der Waals surface area contributed by atoms with E-state index >= 15 is 0 Å². The maximum atomic E-state index is 12.9. The molecule has 0 N–H and O–H groups in total. The van der Waals surface area contributed by atoms with Crippen molar-refractivity contribution in [1.82, 2.24) is 29.0 Å². The van der Waals surface area contributed by atoms with Gasteiger partial charge in [0.05, 0.1) is 5.69 Å². The lowest BCUT2D eigenvalue weighted by atomic mass is 9.97. The summed E-state index contributed by atoms with van der Waals surface area (Å²) in [6.45, 7) is 10.3. The van der Waals surface area contributed by atoms with Gasteiger partial charge in [-0.15, -0.1) is 0 Å². The molecule has 27 heavy (non-hydrogen) atoms. The number of amides is 1. The van der Waals surface area contributed by atoms with Crippen LogP contribution in [0.25, 0.3) is 0 Å². The van der Waals surface area contributed by atoms with Gasteiger partial charge in [-0.1, -0.05) is 6.92 Å². The zero-order chi connectivity index (χ0) is 19.7. The number of hydrogen-bond donors (Lipinski definition) is 0. The molecule has 2 aromatic heterocycles. The number of carbonyl (C=O) groups is 1. The predicted octanol–water partition coefficient (Wildman–Crippen LogP) is 1.38. The van der Waals surface area contributed by atoms with Crippen LogP contribution in [-0.2, 0) is 31.4 Å². The average Bonchev–Trinajstić information content (AvgIpc) is 3.10. The molecule has 3 heterocycles. The second-order valence-electron chi connectivity index (χ2n) is 7.35. The zero-order valence-corrected chi connectivity index (χ0v) is 17.0. The van der Waals surface area contributed by atoms with Crippen LogP contribution >= 0.6 is 0 Å². The minimum absolute atomic E-state index is 0.0780. The lowest BCUT2D eigenvalue weighted by Gasteiger charge is -2.32. The number of likely N-dealkylation sites (tertiary alicyclic amines) is 1. The first-order valence-corrected chi connectivity index (χ1v) is 9.81. The van der Waals surface area contributed by atoms with Crippen LogP contribution in [0.1, 0.15) is 55.4 Å². The molecular formula is C19H30N6O2. The van der Waals surface area contributed by atoms with E-state index in [0.717, 1.165) is 43.0 Å². The van der Waals surface area contributed by atoms with Gasteiger partial charge in [-0.3, -0.25) is 14.0 Å². The topological polar surface area (TPSA) is 78.0 Å². The summed E-state index contributed by atoms with van der Waals surface area (Å²) in [7, 11) is 1.68. The van der Waals surface area contributed by atoms with Gasteiger partial charge in [0.2, 0.25) is 5.91 Å². The van der Waals surface area contributed by atoms with Gasteiger partial charge in [0.1, 0.15) is 12.4 Å². The molecule has 0 radical (unpaired) electrons. The molecule has 1 fully saturated rings. The van der Waals surface area contributed by atoms with Crippen molar-refractivity contribution in [1.29, 1.82) is 0 Å². The largest absolute Gasteiger partial charge is 0.345 e. The molecule has 8 heteroatoms. The third kappa shape index (κ3) is 3.57. The van der Waals surface area contributed by atoms with Gasteiger partial charge >= 0.3 is 5.69 Å². The summed E-state index contributed by atoms with van der Waals surface area (Å²) in [5.41, 5.74) is 3.20. The second kappa shape index (κ2) is 7.70. The molecule has 0 aliphatic carbocycles. The molecule has 0 unspecified atom stereocenters. The molecule has 0 saturated carbocycles. The Balaban J connectivity index is 1.76. The van der Waals surface area contributed by atoms with Gasteiger partial charge in [-0.2, -0.15) is 10.2 Å². The fraction of sp³-hybridized carbons (Fsp3) is 0.684. The van der Waals surface area contributed by atoms with Crippen LogP contribution in [0.3, 0.4) is 0 Å². The fourth-order valence-corrected chi connectivity index (χ4v) is 4.16. The normalized spacial score (nSPS) is 17.5. The highest BCUT2D eigenvalue weighted by Gasteiger charge is 2.29. The van der Waals surface area contributed by atoms with Crippen molar-refractivity contribution in [3.63, 3.8) is 0 Å². The fourth-order valence-electron chi connectivity index (χ4n) is 4.16. The van der Waals surface area contributed by atoms with Crippen molar-refractivity contribution in [2.75, 3.05) is 13.1 Å². The van der Waals surface area contributed by atoms with Crippen molar-refractivity contribution in [3.8, 4) is 0 Å². The van der Waals surface area contributed by atoms with Gasteiger partial charge in [0, 0.05) is 38.3 Å². The standard InChI is InChI=1S/C19H30N6O2/c1-6-16-13(3)20-25(14(16)4)12-17(26)23-10-8-9-15(11-23)18-21-22(5)19(27)24(18)7-2/h15H,6-12H2,1-5H3/t15-/m1/s1. The summed E-state index contributed by atoms with van der Waals surface area (Å²) >= 11 is 0. The average molecular weight is 374 g/mol. The summed E-state index contributed by atoms with van der Waals surface area (Å²) in [6, 6.07) is 0. The number of carbonyl (C=O) groups excluding carboxylic acids is 1. The summed E-state index contributed by atoms with van der Waals surface area (Å²) in [5.74, 6) is 0.972. The highest BCUT2D eigenvalue weighted by Crippen LogP contribution is 2.25. The van der Waals surface area contributed by atoms with Crippen LogP contribution in [0, 0.1) is 13.8 Å². The van der Waals surface area contributed by atoms with E-state index in [0.29, 0.717) is 13.1 Å². The minimum Gasteiger partial charge on any atom is -0.340 e. The Labute approximate surface area is 159 Å². The molecule has 8 nitrogen and oxygen atoms in total. The van der Waals surface area contributed by atoms with Crippen molar-refractivity contribution in [2.45, 2.75) is 66.0 Å². The number of aryl methyl sites for hydroxylation is 2. The quantitative estimate of drug-likeness (QED) is 0.792. The van der Waals surface area contributed by atoms with E-state index in [-0.39, 0.29) is 24.1 Å². The maximum Gasteiger partial charge on any atom is 0.345 e. The van der Waals surface area contributed by atoms with Crippen LogP contribution in [0.4, 0.5) is 0 Å². The van der Waals surface area contributed by atoms with Crippen LogP contribution in [0.15, 0.2) is 4.79 Å².